The summed E-state index contributed by atoms with van der Waals surface area (Å²) < 4.78 is 10.7. The van der Waals surface area contributed by atoms with Crippen molar-refractivity contribution in [3.63, 3.8) is 0 Å². The third kappa shape index (κ3) is 2.78. The molecule has 0 aliphatic rings. The van der Waals surface area contributed by atoms with Gasteiger partial charge in [0.05, 0.1) is 13.2 Å². The van der Waals surface area contributed by atoms with E-state index in [1.165, 1.54) is 6.92 Å². The molecule has 0 unspecified atom stereocenters. The van der Waals surface area contributed by atoms with Crippen molar-refractivity contribution in [2.45, 2.75) is 20.8 Å². The van der Waals surface area contributed by atoms with Crippen LogP contribution in [0, 0.1) is 0 Å². The smallest absolute Gasteiger partial charge is 0.160 e. The maximum absolute atomic E-state index is 11.3. The average Bonchev–Trinajstić information content (AvgIpc) is 2.24. The molecule has 0 spiro atoms. The number of carbonyl (C=O) groups excluding carboxylic acids is 1. The molecule has 0 N–H and O–H groups in total. The monoisotopic (exact) mass is 218 g/mol. The number of carbonyl (C=O) groups is 1. The van der Waals surface area contributed by atoms with Crippen LogP contribution < -0.4 is 14.9 Å². The first-order valence-corrected chi connectivity index (χ1v) is 5.30. The maximum atomic E-state index is 11.3. The zero-order chi connectivity index (χ0) is 12.1. The van der Waals surface area contributed by atoms with Gasteiger partial charge < -0.3 is 9.47 Å². The highest BCUT2D eigenvalue weighted by molar-refractivity contribution is 6.36. The van der Waals surface area contributed by atoms with Crippen molar-refractivity contribution >= 4 is 19.1 Å². The van der Waals surface area contributed by atoms with E-state index in [4.69, 9.17) is 17.3 Å². The van der Waals surface area contributed by atoms with Crippen LogP contribution in [0.25, 0.3) is 0 Å². The average molecular weight is 218 g/mol. The molecule has 0 heterocycles. The first kappa shape index (κ1) is 12.6. The topological polar surface area (TPSA) is 35.5 Å². The van der Waals surface area contributed by atoms with Gasteiger partial charge in [-0.15, -0.1) is 0 Å². The Kier molecular flexibility index (Phi) is 4.41. The Hall–Kier alpha value is -1.45. The van der Waals surface area contributed by atoms with Crippen molar-refractivity contribution in [2.24, 2.45) is 0 Å². The van der Waals surface area contributed by atoms with Crippen LogP contribution in [0.4, 0.5) is 0 Å². The number of benzene rings is 1. The lowest BCUT2D eigenvalue weighted by Gasteiger charge is -2.14. The Bertz CT molecular complexity index is 361. The molecular formula is C12H15BO3. The number of hydrogen-bond donors (Lipinski definition) is 0. The van der Waals surface area contributed by atoms with Gasteiger partial charge in [-0.25, -0.2) is 0 Å². The molecule has 0 saturated heterocycles. The lowest BCUT2D eigenvalue weighted by Crippen LogP contribution is -2.15. The van der Waals surface area contributed by atoms with Crippen molar-refractivity contribution < 1.29 is 14.3 Å². The summed E-state index contributed by atoms with van der Waals surface area (Å²) in [6, 6.07) is 3.29. The third-order valence-electron chi connectivity index (χ3n) is 2.11. The Morgan fingerprint density at radius 3 is 1.94 bits per heavy atom. The van der Waals surface area contributed by atoms with E-state index in [-0.39, 0.29) is 5.78 Å². The molecule has 0 fully saturated rings. The molecule has 0 aliphatic carbocycles. The van der Waals surface area contributed by atoms with Gasteiger partial charge in [0.1, 0.15) is 19.3 Å². The van der Waals surface area contributed by atoms with Crippen LogP contribution >= 0.6 is 0 Å². The second-order valence-electron chi connectivity index (χ2n) is 3.31. The minimum Gasteiger partial charge on any atom is -0.494 e. The second-order valence-corrected chi connectivity index (χ2v) is 3.31. The fourth-order valence-electron chi connectivity index (χ4n) is 1.35. The summed E-state index contributed by atoms with van der Waals surface area (Å²) in [5.74, 6) is 0.958. The van der Waals surface area contributed by atoms with E-state index in [0.717, 1.165) is 0 Å². The highest BCUT2D eigenvalue weighted by Gasteiger charge is 2.10. The minimum atomic E-state index is -0.0399. The van der Waals surface area contributed by atoms with Crippen LogP contribution in [0.5, 0.6) is 11.5 Å². The van der Waals surface area contributed by atoms with Crippen molar-refractivity contribution in [3.8, 4) is 11.5 Å². The summed E-state index contributed by atoms with van der Waals surface area (Å²) in [7, 11) is 5.86. The van der Waals surface area contributed by atoms with Crippen molar-refractivity contribution in [1.29, 1.82) is 0 Å². The van der Waals surface area contributed by atoms with Gasteiger partial charge in [-0.2, -0.15) is 0 Å². The molecule has 0 amide bonds. The molecular weight excluding hydrogens is 203 g/mol. The van der Waals surface area contributed by atoms with E-state index in [1.54, 1.807) is 12.1 Å². The minimum absolute atomic E-state index is 0.0399. The van der Waals surface area contributed by atoms with Crippen LogP contribution in [0.1, 0.15) is 31.1 Å². The predicted octanol–water partition coefficient (Wildman–Crippen LogP) is 1.48. The second kappa shape index (κ2) is 5.59. The van der Waals surface area contributed by atoms with Crippen molar-refractivity contribution in [3.05, 3.63) is 17.7 Å². The molecule has 0 bridgehead atoms. The van der Waals surface area contributed by atoms with Crippen LogP contribution in [0.3, 0.4) is 0 Å². The van der Waals surface area contributed by atoms with E-state index in [0.29, 0.717) is 35.7 Å². The Morgan fingerprint density at radius 1 is 1.19 bits per heavy atom. The molecule has 0 aliphatic heterocycles. The molecule has 0 atom stereocenters. The zero-order valence-electron chi connectivity index (χ0n) is 9.87. The Labute approximate surface area is 97.2 Å². The lowest BCUT2D eigenvalue weighted by atomic mass is 9.91. The van der Waals surface area contributed by atoms with Gasteiger partial charge in [-0.3, -0.25) is 4.79 Å². The predicted molar refractivity (Wildman–Crippen MR) is 64.2 cm³/mol. The highest BCUT2D eigenvalue weighted by atomic mass is 16.5. The standard InChI is InChI=1S/C12H15BO3/c1-4-15-10-6-9(8(3)14)7-11(12(10)13)16-5-2/h6-7H,4-5H2,1-3H3. The maximum Gasteiger partial charge on any atom is 0.160 e. The van der Waals surface area contributed by atoms with Crippen LogP contribution in [0.15, 0.2) is 12.1 Å². The molecule has 0 aromatic heterocycles. The molecule has 0 saturated carbocycles. The van der Waals surface area contributed by atoms with Gasteiger partial charge in [-0.1, -0.05) is 0 Å². The third-order valence-corrected chi connectivity index (χ3v) is 2.11. The van der Waals surface area contributed by atoms with Crippen LogP contribution in [0.2, 0.25) is 0 Å². The molecule has 4 heteroatoms. The fourth-order valence-corrected chi connectivity index (χ4v) is 1.35. The van der Waals surface area contributed by atoms with E-state index in [1.807, 2.05) is 13.8 Å². The van der Waals surface area contributed by atoms with E-state index >= 15 is 0 Å². The molecule has 84 valence electrons. The van der Waals surface area contributed by atoms with Crippen molar-refractivity contribution in [2.75, 3.05) is 13.2 Å². The van der Waals surface area contributed by atoms with Gasteiger partial charge in [0.25, 0.3) is 0 Å². The van der Waals surface area contributed by atoms with Crippen molar-refractivity contribution in [1.82, 2.24) is 0 Å². The molecule has 1 rings (SSSR count). The summed E-state index contributed by atoms with van der Waals surface area (Å²) in [4.78, 5) is 11.3. The molecule has 2 radical (unpaired) electrons. The number of ketones is 1. The zero-order valence-corrected chi connectivity index (χ0v) is 9.87. The van der Waals surface area contributed by atoms with Crippen LogP contribution in [-0.2, 0) is 0 Å². The van der Waals surface area contributed by atoms with Gasteiger partial charge >= 0.3 is 0 Å². The van der Waals surface area contributed by atoms with Gasteiger partial charge in [0, 0.05) is 5.56 Å². The largest absolute Gasteiger partial charge is 0.494 e. The first-order chi connectivity index (χ1) is 7.60. The molecule has 1 aromatic carbocycles. The summed E-state index contributed by atoms with van der Waals surface area (Å²) in [5, 5.41) is 0. The summed E-state index contributed by atoms with van der Waals surface area (Å²) in [6.45, 7) is 6.21. The summed E-state index contributed by atoms with van der Waals surface area (Å²) in [5.41, 5.74) is 0.981. The number of rotatable bonds is 5. The summed E-state index contributed by atoms with van der Waals surface area (Å²) in [6.07, 6.45) is 0. The Balaban J connectivity index is 3.21. The van der Waals surface area contributed by atoms with E-state index in [9.17, 15) is 4.79 Å². The number of ether oxygens (including phenoxy) is 2. The lowest BCUT2D eigenvalue weighted by molar-refractivity contribution is 0.101. The molecule has 1 aromatic rings. The normalized spacial score (nSPS) is 9.94. The van der Waals surface area contributed by atoms with E-state index < -0.39 is 0 Å². The van der Waals surface area contributed by atoms with Gasteiger partial charge in [0.2, 0.25) is 0 Å². The summed E-state index contributed by atoms with van der Waals surface area (Å²) >= 11 is 0. The van der Waals surface area contributed by atoms with Gasteiger partial charge in [-0.05, 0) is 38.4 Å². The number of Topliss-reactive ketones (excluding diaryl/α,β-unsaturated/α-hetero) is 1. The Morgan fingerprint density at radius 2 is 1.62 bits per heavy atom. The van der Waals surface area contributed by atoms with Crippen LogP contribution in [-0.4, -0.2) is 26.8 Å². The highest BCUT2D eigenvalue weighted by Crippen LogP contribution is 2.20. The van der Waals surface area contributed by atoms with Gasteiger partial charge in [0.15, 0.2) is 5.78 Å². The number of hydrogen-bond acceptors (Lipinski definition) is 3. The fraction of sp³-hybridized carbons (Fsp3) is 0.417. The molecule has 3 nitrogen and oxygen atoms in total. The molecule has 16 heavy (non-hydrogen) atoms. The first-order valence-electron chi connectivity index (χ1n) is 5.30. The van der Waals surface area contributed by atoms with E-state index in [2.05, 4.69) is 0 Å². The quantitative estimate of drug-likeness (QED) is 0.554. The SMILES string of the molecule is [B]c1c(OCC)cc(C(C)=O)cc1OCC.